The van der Waals surface area contributed by atoms with Crippen LogP contribution in [0.3, 0.4) is 0 Å². The fourth-order valence-corrected chi connectivity index (χ4v) is 10.4. The molecule has 1 aliphatic rings. The molecule has 1 aromatic heterocycles. The number of benzene rings is 10. The van der Waals surface area contributed by atoms with Crippen LogP contribution in [0.2, 0.25) is 0 Å². The third-order valence-electron chi connectivity index (χ3n) is 13.1. The topological polar surface area (TPSA) is 16.4 Å². The summed E-state index contributed by atoms with van der Waals surface area (Å²) in [5.41, 5.74) is 18.1. The van der Waals surface area contributed by atoms with Crippen molar-refractivity contribution in [1.82, 2.24) is 0 Å². The van der Waals surface area contributed by atoms with E-state index in [4.69, 9.17) is 4.42 Å². The fourth-order valence-electron chi connectivity index (χ4n) is 10.4. The number of para-hydroxylation sites is 1. The van der Waals surface area contributed by atoms with E-state index in [1.165, 1.54) is 66.4 Å². The van der Waals surface area contributed by atoms with Crippen molar-refractivity contribution in [2.45, 2.75) is 12.3 Å². The molecule has 0 spiro atoms. The molecule has 0 amide bonds. The molecule has 0 aliphatic heterocycles. The first kappa shape index (κ1) is 36.0. The molecule has 292 valence electrons. The number of rotatable bonds is 7. The van der Waals surface area contributed by atoms with Crippen LogP contribution in [-0.4, -0.2) is 0 Å². The van der Waals surface area contributed by atoms with E-state index in [0.717, 1.165) is 44.6 Å². The van der Waals surface area contributed by atoms with Gasteiger partial charge >= 0.3 is 0 Å². The first-order valence-electron chi connectivity index (χ1n) is 21.4. The standard InChI is InChI=1S/C60H41NO/c1-40-17-15-27-52-57(40)50-38-36-47(39-53(50)60(52,44-21-7-3-8-22-44)45-23-9-4-10-24-45)61(54-28-16-30-56-59(54)51-26-13-14-29-55(51)62-56)46-34-31-42(32-35-46)49-37-33-41-18-11-12-25-48(41)58(49)43-19-5-2-6-20-43/h2-39H,1H3. The highest BCUT2D eigenvalue weighted by Gasteiger charge is 2.47. The van der Waals surface area contributed by atoms with E-state index in [2.05, 4.69) is 236 Å². The second kappa shape index (κ2) is 14.4. The van der Waals surface area contributed by atoms with E-state index < -0.39 is 5.41 Å². The number of furan rings is 1. The lowest BCUT2D eigenvalue weighted by atomic mass is 9.67. The number of fused-ring (bicyclic) bond motifs is 7. The van der Waals surface area contributed by atoms with Crippen molar-refractivity contribution < 1.29 is 4.42 Å². The van der Waals surface area contributed by atoms with Crippen LogP contribution >= 0.6 is 0 Å². The number of anilines is 3. The predicted molar refractivity (Wildman–Crippen MR) is 259 cm³/mol. The summed E-state index contributed by atoms with van der Waals surface area (Å²) >= 11 is 0. The molecule has 0 radical (unpaired) electrons. The number of hydrogen-bond donors (Lipinski definition) is 0. The molecule has 62 heavy (non-hydrogen) atoms. The SMILES string of the molecule is Cc1cccc2c1-c1ccc(N(c3ccc(-c4ccc5ccccc5c4-c4ccccc4)cc3)c3cccc4oc5ccccc5c34)cc1C2(c1ccccc1)c1ccccc1. The van der Waals surface area contributed by atoms with E-state index in [9.17, 15) is 0 Å². The van der Waals surface area contributed by atoms with Crippen LogP contribution in [0.4, 0.5) is 17.1 Å². The zero-order valence-electron chi connectivity index (χ0n) is 34.3. The first-order valence-corrected chi connectivity index (χ1v) is 21.4. The fraction of sp³-hybridized carbons (Fsp3) is 0.0333. The second-order valence-corrected chi connectivity index (χ2v) is 16.4. The molecule has 11 aromatic rings. The van der Waals surface area contributed by atoms with Crippen molar-refractivity contribution in [3.8, 4) is 33.4 Å². The van der Waals surface area contributed by atoms with E-state index in [-0.39, 0.29) is 0 Å². The Labute approximate surface area is 361 Å². The Hall–Kier alpha value is -7.94. The lowest BCUT2D eigenvalue weighted by molar-refractivity contribution is 0.669. The van der Waals surface area contributed by atoms with Gasteiger partial charge in [-0.2, -0.15) is 0 Å². The van der Waals surface area contributed by atoms with E-state index >= 15 is 0 Å². The molecule has 2 heteroatoms. The van der Waals surface area contributed by atoms with Crippen LogP contribution in [0.1, 0.15) is 27.8 Å². The summed E-state index contributed by atoms with van der Waals surface area (Å²) in [5, 5.41) is 4.66. The largest absolute Gasteiger partial charge is 0.456 e. The maximum Gasteiger partial charge on any atom is 0.137 e. The van der Waals surface area contributed by atoms with E-state index in [1.807, 2.05) is 6.07 Å². The Morgan fingerprint density at radius 3 is 1.77 bits per heavy atom. The van der Waals surface area contributed by atoms with Crippen LogP contribution in [0.5, 0.6) is 0 Å². The van der Waals surface area contributed by atoms with Crippen LogP contribution in [0.15, 0.2) is 235 Å². The third-order valence-corrected chi connectivity index (χ3v) is 13.1. The number of nitrogens with zero attached hydrogens (tertiary/aromatic N) is 1. The van der Waals surface area contributed by atoms with E-state index in [1.54, 1.807) is 0 Å². The summed E-state index contributed by atoms with van der Waals surface area (Å²) in [7, 11) is 0. The molecule has 0 saturated heterocycles. The Kier molecular flexibility index (Phi) is 8.33. The molecular weight excluding hydrogens is 751 g/mol. The lowest BCUT2D eigenvalue weighted by Gasteiger charge is -2.35. The van der Waals surface area contributed by atoms with Gasteiger partial charge in [0.2, 0.25) is 0 Å². The highest BCUT2D eigenvalue weighted by Crippen LogP contribution is 2.58. The van der Waals surface area contributed by atoms with Crippen LogP contribution in [0, 0.1) is 6.92 Å². The van der Waals surface area contributed by atoms with Gasteiger partial charge in [-0.15, -0.1) is 0 Å². The van der Waals surface area contributed by atoms with Gasteiger partial charge in [0.15, 0.2) is 0 Å². The highest BCUT2D eigenvalue weighted by atomic mass is 16.3. The third kappa shape index (κ3) is 5.43. The molecule has 0 fully saturated rings. The maximum atomic E-state index is 6.53. The van der Waals surface area contributed by atoms with Crippen molar-refractivity contribution in [3.63, 3.8) is 0 Å². The average molecular weight is 792 g/mol. The van der Waals surface area contributed by atoms with Gasteiger partial charge < -0.3 is 9.32 Å². The van der Waals surface area contributed by atoms with Gasteiger partial charge in [-0.3, -0.25) is 0 Å². The Bertz CT molecular complexity index is 3420. The molecule has 1 aliphatic carbocycles. The second-order valence-electron chi connectivity index (χ2n) is 16.4. The summed E-state index contributed by atoms with van der Waals surface area (Å²) in [6, 6.07) is 84.1. The molecule has 1 heterocycles. The average Bonchev–Trinajstić information content (AvgIpc) is 3.87. The van der Waals surface area contributed by atoms with Gasteiger partial charge in [-0.05, 0) is 121 Å². The van der Waals surface area contributed by atoms with E-state index in [0.29, 0.717) is 0 Å². The van der Waals surface area contributed by atoms with Crippen molar-refractivity contribution in [1.29, 1.82) is 0 Å². The minimum Gasteiger partial charge on any atom is -0.456 e. The zero-order chi connectivity index (χ0) is 41.2. The lowest BCUT2D eigenvalue weighted by Crippen LogP contribution is -2.28. The van der Waals surface area contributed by atoms with Crippen molar-refractivity contribution in [2.75, 3.05) is 4.90 Å². The molecule has 0 unspecified atom stereocenters. The van der Waals surface area contributed by atoms with Crippen LogP contribution in [-0.2, 0) is 5.41 Å². The molecule has 10 aromatic carbocycles. The predicted octanol–water partition coefficient (Wildman–Crippen LogP) is 16.2. The summed E-state index contributed by atoms with van der Waals surface area (Å²) < 4.78 is 6.53. The van der Waals surface area contributed by atoms with Gasteiger partial charge in [0.05, 0.1) is 16.5 Å². The molecular formula is C60H41NO. The first-order chi connectivity index (χ1) is 30.7. The molecule has 0 bridgehead atoms. The Balaban J connectivity index is 1.11. The summed E-state index contributed by atoms with van der Waals surface area (Å²) in [6.07, 6.45) is 0. The van der Waals surface area contributed by atoms with Gasteiger partial charge in [-0.1, -0.05) is 188 Å². The summed E-state index contributed by atoms with van der Waals surface area (Å²) in [5.74, 6) is 0. The van der Waals surface area contributed by atoms with Crippen molar-refractivity contribution in [2.24, 2.45) is 0 Å². The van der Waals surface area contributed by atoms with Gasteiger partial charge in [0.25, 0.3) is 0 Å². The number of hydrogen-bond acceptors (Lipinski definition) is 2. The molecule has 2 nitrogen and oxygen atoms in total. The molecule has 0 atom stereocenters. The minimum absolute atomic E-state index is 0.539. The van der Waals surface area contributed by atoms with Gasteiger partial charge in [-0.25, -0.2) is 0 Å². The normalized spacial score (nSPS) is 12.7. The summed E-state index contributed by atoms with van der Waals surface area (Å²) in [6.45, 7) is 2.25. The highest BCUT2D eigenvalue weighted by molar-refractivity contribution is 6.13. The van der Waals surface area contributed by atoms with Crippen molar-refractivity contribution >= 4 is 49.8 Å². The molecule has 12 rings (SSSR count). The smallest absolute Gasteiger partial charge is 0.137 e. The zero-order valence-corrected chi connectivity index (χ0v) is 34.3. The van der Waals surface area contributed by atoms with Gasteiger partial charge in [0, 0.05) is 16.8 Å². The monoisotopic (exact) mass is 791 g/mol. The number of aryl methyl sites for hydroxylation is 1. The minimum atomic E-state index is -0.539. The van der Waals surface area contributed by atoms with Gasteiger partial charge in [0.1, 0.15) is 11.2 Å². The Morgan fingerprint density at radius 1 is 0.403 bits per heavy atom. The molecule has 0 saturated carbocycles. The Morgan fingerprint density at radius 2 is 1.02 bits per heavy atom. The summed E-state index contributed by atoms with van der Waals surface area (Å²) in [4.78, 5) is 2.43. The molecule has 0 N–H and O–H groups in total. The van der Waals surface area contributed by atoms with Crippen LogP contribution < -0.4 is 4.90 Å². The quantitative estimate of drug-likeness (QED) is 0.160. The van der Waals surface area contributed by atoms with Crippen molar-refractivity contribution in [3.05, 3.63) is 258 Å². The maximum absolute atomic E-state index is 6.53. The van der Waals surface area contributed by atoms with Crippen LogP contribution in [0.25, 0.3) is 66.1 Å².